The van der Waals surface area contributed by atoms with E-state index in [4.69, 9.17) is 9.73 Å². The molecule has 2 saturated carbocycles. The van der Waals surface area contributed by atoms with Crippen LogP contribution in [0.4, 0.5) is 5.82 Å². The van der Waals surface area contributed by atoms with Gasteiger partial charge in [-0.15, -0.1) is 0 Å². The van der Waals surface area contributed by atoms with E-state index in [9.17, 15) is 0 Å². The molecule has 3 fully saturated rings. The fourth-order valence-electron chi connectivity index (χ4n) is 4.77. The molecule has 4 nitrogen and oxygen atoms in total. The Kier molecular flexibility index (Phi) is 3.91. The average Bonchev–Trinajstić information content (AvgIpc) is 3.67. The predicted molar refractivity (Wildman–Crippen MR) is 111 cm³/mol. The molecule has 3 heterocycles. The van der Waals surface area contributed by atoms with Gasteiger partial charge in [0.25, 0.3) is 0 Å². The van der Waals surface area contributed by atoms with Crippen molar-refractivity contribution in [2.45, 2.75) is 51.2 Å². The maximum Gasteiger partial charge on any atom is 0.129 e. The Bertz CT molecular complexity index is 921. The molecule has 0 radical (unpaired) electrons. The molecule has 0 N–H and O–H groups in total. The van der Waals surface area contributed by atoms with Gasteiger partial charge in [-0.05, 0) is 80.2 Å². The van der Waals surface area contributed by atoms with Crippen LogP contribution in [0.5, 0.6) is 5.75 Å². The lowest BCUT2D eigenvalue weighted by molar-refractivity contribution is 0.303. The molecule has 1 aromatic heterocycles. The largest absolute Gasteiger partial charge is 0.490 e. The van der Waals surface area contributed by atoms with Crippen LogP contribution in [0.25, 0.3) is 0 Å². The fraction of sp³-hybridized carbons (Fsp3) is 0.500. The van der Waals surface area contributed by atoms with Gasteiger partial charge in [0, 0.05) is 30.4 Å². The summed E-state index contributed by atoms with van der Waals surface area (Å²) in [4.78, 5) is 12.0. The van der Waals surface area contributed by atoms with Crippen molar-refractivity contribution >= 4 is 11.5 Å². The van der Waals surface area contributed by atoms with E-state index in [2.05, 4.69) is 40.2 Å². The summed E-state index contributed by atoms with van der Waals surface area (Å²) in [6, 6.07) is 10.8. The van der Waals surface area contributed by atoms with E-state index in [1.807, 2.05) is 6.20 Å². The number of aromatic nitrogens is 1. The number of aliphatic imine (C=N–C) groups is 1. The Balaban J connectivity index is 1.23. The van der Waals surface area contributed by atoms with E-state index in [1.54, 1.807) is 0 Å². The average molecular weight is 374 g/mol. The topological polar surface area (TPSA) is 37.7 Å². The summed E-state index contributed by atoms with van der Waals surface area (Å²) in [5.74, 6) is 4.06. The standard InChI is InChI=1S/C24H27N3O/c1-2-16(1)17-8-11-27(12-9-17)23-13-18(7-10-25-23)24-22-14-21(28-20-5-6-20)4-3-19(22)15-26-24/h3-4,7,10,13-14,16-17,20H,1-2,5-6,8-9,11-12,15H2. The van der Waals surface area contributed by atoms with Crippen LogP contribution in [-0.4, -0.2) is 29.9 Å². The highest BCUT2D eigenvalue weighted by atomic mass is 16.5. The summed E-state index contributed by atoms with van der Waals surface area (Å²) in [7, 11) is 0. The van der Waals surface area contributed by atoms with E-state index < -0.39 is 0 Å². The monoisotopic (exact) mass is 373 g/mol. The lowest BCUT2D eigenvalue weighted by Gasteiger charge is -2.33. The molecule has 2 aromatic rings. The minimum Gasteiger partial charge on any atom is -0.490 e. The van der Waals surface area contributed by atoms with E-state index in [0.29, 0.717) is 6.10 Å². The Labute approximate surface area is 166 Å². The lowest BCUT2D eigenvalue weighted by atomic mass is 9.92. The highest BCUT2D eigenvalue weighted by Gasteiger charge is 2.33. The Morgan fingerprint density at radius 1 is 0.893 bits per heavy atom. The molecule has 4 heteroatoms. The van der Waals surface area contributed by atoms with Crippen LogP contribution in [0.1, 0.15) is 55.2 Å². The van der Waals surface area contributed by atoms with Gasteiger partial charge in [-0.3, -0.25) is 4.99 Å². The number of hydrogen-bond acceptors (Lipinski definition) is 4. The molecule has 4 aliphatic rings. The maximum atomic E-state index is 6.01. The van der Waals surface area contributed by atoms with Crippen molar-refractivity contribution in [1.29, 1.82) is 0 Å². The van der Waals surface area contributed by atoms with E-state index in [-0.39, 0.29) is 0 Å². The number of pyridine rings is 1. The molecule has 2 aliphatic heterocycles. The van der Waals surface area contributed by atoms with E-state index in [1.165, 1.54) is 55.2 Å². The van der Waals surface area contributed by atoms with Crippen LogP contribution in [0.15, 0.2) is 41.5 Å². The lowest BCUT2D eigenvalue weighted by Crippen LogP contribution is -2.34. The highest BCUT2D eigenvalue weighted by molar-refractivity contribution is 6.15. The zero-order chi connectivity index (χ0) is 18.5. The molecule has 1 aromatic carbocycles. The molecule has 0 atom stereocenters. The number of hydrogen-bond donors (Lipinski definition) is 0. The first-order chi connectivity index (χ1) is 13.8. The molecule has 6 rings (SSSR count). The van der Waals surface area contributed by atoms with Gasteiger partial charge in [0.05, 0.1) is 18.4 Å². The SMILES string of the molecule is c1cc(C2=NCc3ccc(OC4CC4)cc32)cc(N2CCC(C3CC3)CC2)n1. The highest BCUT2D eigenvalue weighted by Crippen LogP contribution is 2.42. The summed E-state index contributed by atoms with van der Waals surface area (Å²) in [5.41, 5.74) is 4.79. The molecule has 0 spiro atoms. The number of piperidine rings is 1. The van der Waals surface area contributed by atoms with Crippen molar-refractivity contribution in [3.8, 4) is 5.75 Å². The summed E-state index contributed by atoms with van der Waals surface area (Å²) in [6.45, 7) is 3.04. The second-order valence-corrected chi connectivity index (χ2v) is 8.87. The zero-order valence-electron chi connectivity index (χ0n) is 16.3. The first-order valence-corrected chi connectivity index (χ1v) is 10.9. The number of ether oxygens (including phenoxy) is 1. The van der Waals surface area contributed by atoms with Crippen LogP contribution in [-0.2, 0) is 6.54 Å². The fourth-order valence-corrected chi connectivity index (χ4v) is 4.77. The van der Waals surface area contributed by atoms with Crippen LogP contribution < -0.4 is 9.64 Å². The van der Waals surface area contributed by atoms with Crippen molar-refractivity contribution < 1.29 is 4.74 Å². The van der Waals surface area contributed by atoms with Gasteiger partial charge in [-0.25, -0.2) is 4.98 Å². The third kappa shape index (κ3) is 3.19. The van der Waals surface area contributed by atoms with Gasteiger partial charge in [0.15, 0.2) is 0 Å². The number of fused-ring (bicyclic) bond motifs is 1. The smallest absolute Gasteiger partial charge is 0.129 e. The quantitative estimate of drug-likeness (QED) is 0.769. The summed E-state index contributed by atoms with van der Waals surface area (Å²) in [6.07, 6.45) is 10.3. The number of rotatable bonds is 5. The van der Waals surface area contributed by atoms with Crippen molar-refractivity contribution in [2.24, 2.45) is 16.8 Å². The molecule has 0 unspecified atom stereocenters. The van der Waals surface area contributed by atoms with Crippen molar-refractivity contribution in [3.63, 3.8) is 0 Å². The summed E-state index contributed by atoms with van der Waals surface area (Å²) < 4.78 is 6.01. The second-order valence-electron chi connectivity index (χ2n) is 8.87. The number of anilines is 1. The van der Waals surface area contributed by atoms with Gasteiger partial charge in [-0.2, -0.15) is 0 Å². The molecule has 0 amide bonds. The van der Waals surface area contributed by atoms with Gasteiger partial charge >= 0.3 is 0 Å². The van der Waals surface area contributed by atoms with Gasteiger partial charge in [-0.1, -0.05) is 6.07 Å². The second kappa shape index (κ2) is 6.61. The predicted octanol–water partition coefficient (Wildman–Crippen LogP) is 4.60. The summed E-state index contributed by atoms with van der Waals surface area (Å²) >= 11 is 0. The van der Waals surface area contributed by atoms with E-state index >= 15 is 0 Å². The third-order valence-corrected chi connectivity index (χ3v) is 6.74. The maximum absolute atomic E-state index is 6.01. The van der Waals surface area contributed by atoms with Gasteiger partial charge < -0.3 is 9.64 Å². The Hall–Kier alpha value is -2.36. The van der Waals surface area contributed by atoms with Crippen LogP contribution in [0, 0.1) is 11.8 Å². The summed E-state index contributed by atoms with van der Waals surface area (Å²) in [5, 5.41) is 0. The van der Waals surface area contributed by atoms with Crippen molar-refractivity contribution in [3.05, 3.63) is 53.2 Å². The van der Waals surface area contributed by atoms with Crippen LogP contribution >= 0.6 is 0 Å². The first kappa shape index (κ1) is 16.6. The molecule has 28 heavy (non-hydrogen) atoms. The van der Waals surface area contributed by atoms with Crippen molar-refractivity contribution in [2.75, 3.05) is 18.0 Å². The van der Waals surface area contributed by atoms with Crippen molar-refractivity contribution in [1.82, 2.24) is 4.98 Å². The molecular formula is C24H27N3O. The number of benzene rings is 1. The number of nitrogens with zero attached hydrogens (tertiary/aromatic N) is 3. The van der Waals surface area contributed by atoms with Gasteiger partial charge in [0.1, 0.15) is 11.6 Å². The molecular weight excluding hydrogens is 346 g/mol. The van der Waals surface area contributed by atoms with Crippen LogP contribution in [0.2, 0.25) is 0 Å². The van der Waals surface area contributed by atoms with Gasteiger partial charge in [0.2, 0.25) is 0 Å². The Morgan fingerprint density at radius 3 is 2.50 bits per heavy atom. The molecule has 1 saturated heterocycles. The minimum absolute atomic E-state index is 0.422. The molecule has 2 aliphatic carbocycles. The Morgan fingerprint density at radius 2 is 1.71 bits per heavy atom. The molecule has 0 bridgehead atoms. The molecule has 144 valence electrons. The van der Waals surface area contributed by atoms with Crippen LogP contribution in [0.3, 0.4) is 0 Å². The first-order valence-electron chi connectivity index (χ1n) is 10.9. The van der Waals surface area contributed by atoms with E-state index in [0.717, 1.165) is 48.7 Å². The zero-order valence-corrected chi connectivity index (χ0v) is 16.3. The minimum atomic E-state index is 0.422. The normalized spacial score (nSPS) is 22.1. The third-order valence-electron chi connectivity index (χ3n) is 6.74.